The lowest BCUT2D eigenvalue weighted by Crippen LogP contribution is -2.23. The van der Waals surface area contributed by atoms with Gasteiger partial charge in [-0.1, -0.05) is 32.0 Å². The molecule has 1 unspecified atom stereocenters. The van der Waals surface area contributed by atoms with Crippen molar-refractivity contribution in [3.63, 3.8) is 0 Å². The molecule has 2 rings (SSSR count). The number of carboxylic acid groups (broad SMARTS) is 1. The molecule has 1 aromatic heterocycles. The Labute approximate surface area is 112 Å². The molecule has 0 saturated heterocycles. The van der Waals surface area contributed by atoms with E-state index in [1.165, 1.54) is 0 Å². The summed E-state index contributed by atoms with van der Waals surface area (Å²) in [4.78, 5) is 15.8. The molecule has 19 heavy (non-hydrogen) atoms. The highest BCUT2D eigenvalue weighted by molar-refractivity contribution is 5.98. The average Bonchev–Trinajstić information content (AvgIpc) is 2.37. The van der Waals surface area contributed by atoms with Gasteiger partial charge in [-0.15, -0.1) is 0 Å². The number of nitrogens with zero attached hydrogens (tertiary/aromatic N) is 1. The van der Waals surface area contributed by atoms with Crippen LogP contribution < -0.4 is 5.32 Å². The fourth-order valence-corrected chi connectivity index (χ4v) is 1.77. The third-order valence-electron chi connectivity index (χ3n) is 3.32. The number of benzene rings is 1. The smallest absolute Gasteiger partial charge is 0.339 e. The minimum absolute atomic E-state index is 0.159. The van der Waals surface area contributed by atoms with Crippen molar-refractivity contribution >= 4 is 22.7 Å². The van der Waals surface area contributed by atoms with Crippen molar-refractivity contribution in [2.24, 2.45) is 5.92 Å². The first-order valence-corrected chi connectivity index (χ1v) is 6.38. The lowest BCUT2D eigenvalue weighted by atomic mass is 10.1. The molecule has 0 radical (unpaired) electrons. The molecular formula is C15H18N2O2. The van der Waals surface area contributed by atoms with Gasteiger partial charge in [-0.3, -0.25) is 0 Å². The summed E-state index contributed by atoms with van der Waals surface area (Å²) < 4.78 is 0. The molecule has 1 atom stereocenters. The predicted molar refractivity (Wildman–Crippen MR) is 76.6 cm³/mol. The monoisotopic (exact) mass is 258 g/mol. The van der Waals surface area contributed by atoms with Crippen LogP contribution in [0.4, 0.5) is 5.82 Å². The SMILES string of the molecule is CC(C)C(C)Nc1nc2ccccc2cc1C(=O)O. The van der Waals surface area contributed by atoms with E-state index in [4.69, 9.17) is 0 Å². The summed E-state index contributed by atoms with van der Waals surface area (Å²) in [6, 6.07) is 9.34. The minimum Gasteiger partial charge on any atom is -0.478 e. The van der Waals surface area contributed by atoms with Gasteiger partial charge < -0.3 is 10.4 Å². The maximum absolute atomic E-state index is 11.3. The Kier molecular flexibility index (Phi) is 3.69. The molecule has 100 valence electrons. The zero-order valence-electron chi connectivity index (χ0n) is 11.3. The molecule has 0 fully saturated rings. The lowest BCUT2D eigenvalue weighted by molar-refractivity contribution is 0.0697. The largest absolute Gasteiger partial charge is 0.478 e. The summed E-state index contributed by atoms with van der Waals surface area (Å²) in [5, 5.41) is 13.3. The van der Waals surface area contributed by atoms with Crippen molar-refractivity contribution < 1.29 is 9.90 Å². The molecule has 1 heterocycles. The molecule has 0 aliphatic carbocycles. The number of para-hydroxylation sites is 1. The topological polar surface area (TPSA) is 62.2 Å². The molecule has 4 nitrogen and oxygen atoms in total. The fourth-order valence-electron chi connectivity index (χ4n) is 1.77. The van der Waals surface area contributed by atoms with Crippen molar-refractivity contribution in [1.29, 1.82) is 0 Å². The molecule has 2 N–H and O–H groups in total. The van der Waals surface area contributed by atoms with Crippen LogP contribution in [0.2, 0.25) is 0 Å². The maximum atomic E-state index is 11.3. The number of carbonyl (C=O) groups is 1. The summed E-state index contributed by atoms with van der Waals surface area (Å²) in [6.45, 7) is 6.19. The highest BCUT2D eigenvalue weighted by atomic mass is 16.4. The fraction of sp³-hybridized carbons (Fsp3) is 0.333. The van der Waals surface area contributed by atoms with Crippen LogP contribution in [-0.4, -0.2) is 22.1 Å². The molecule has 0 aliphatic rings. The van der Waals surface area contributed by atoms with E-state index in [0.717, 1.165) is 10.9 Å². The minimum atomic E-state index is -0.961. The number of rotatable bonds is 4. The standard InChI is InChI=1S/C15H18N2O2/c1-9(2)10(3)16-14-12(15(18)19)8-11-6-4-5-7-13(11)17-14/h4-10H,1-3H3,(H,16,17)(H,18,19). The van der Waals surface area contributed by atoms with Crippen LogP contribution in [0, 0.1) is 5.92 Å². The van der Waals surface area contributed by atoms with E-state index in [-0.39, 0.29) is 11.6 Å². The van der Waals surface area contributed by atoms with Crippen molar-refractivity contribution in [2.75, 3.05) is 5.32 Å². The van der Waals surface area contributed by atoms with Gasteiger partial charge in [-0.2, -0.15) is 0 Å². The van der Waals surface area contributed by atoms with Crippen molar-refractivity contribution in [1.82, 2.24) is 4.98 Å². The average molecular weight is 258 g/mol. The summed E-state index contributed by atoms with van der Waals surface area (Å²) >= 11 is 0. The summed E-state index contributed by atoms with van der Waals surface area (Å²) in [5.41, 5.74) is 1.01. The van der Waals surface area contributed by atoms with Gasteiger partial charge in [0.2, 0.25) is 0 Å². The first-order chi connectivity index (χ1) is 8.99. The number of aromatic nitrogens is 1. The Balaban J connectivity index is 2.50. The number of pyridine rings is 1. The first kappa shape index (κ1) is 13.3. The van der Waals surface area contributed by atoms with Crippen LogP contribution in [0.25, 0.3) is 10.9 Å². The Hall–Kier alpha value is -2.10. The van der Waals surface area contributed by atoms with E-state index in [1.807, 2.05) is 31.2 Å². The molecule has 1 aromatic carbocycles. The number of hydrogen-bond acceptors (Lipinski definition) is 3. The van der Waals surface area contributed by atoms with Crippen LogP contribution in [0.15, 0.2) is 30.3 Å². The van der Waals surface area contributed by atoms with Crippen LogP contribution >= 0.6 is 0 Å². The van der Waals surface area contributed by atoms with E-state index in [2.05, 4.69) is 24.1 Å². The molecule has 0 spiro atoms. The van der Waals surface area contributed by atoms with E-state index < -0.39 is 5.97 Å². The Morgan fingerprint density at radius 1 is 1.26 bits per heavy atom. The second kappa shape index (κ2) is 5.26. The highest BCUT2D eigenvalue weighted by Crippen LogP contribution is 2.22. The van der Waals surface area contributed by atoms with Crippen molar-refractivity contribution in [2.45, 2.75) is 26.8 Å². The van der Waals surface area contributed by atoms with Gasteiger partial charge in [-0.25, -0.2) is 9.78 Å². The molecular weight excluding hydrogens is 240 g/mol. The van der Waals surface area contributed by atoms with Gasteiger partial charge in [0.1, 0.15) is 11.4 Å². The Morgan fingerprint density at radius 3 is 2.58 bits per heavy atom. The summed E-state index contributed by atoms with van der Waals surface area (Å²) in [5.74, 6) is -0.126. The van der Waals surface area contributed by atoms with E-state index in [9.17, 15) is 9.90 Å². The van der Waals surface area contributed by atoms with Gasteiger partial charge >= 0.3 is 5.97 Å². The van der Waals surface area contributed by atoms with E-state index >= 15 is 0 Å². The first-order valence-electron chi connectivity index (χ1n) is 6.38. The van der Waals surface area contributed by atoms with Crippen LogP contribution in [0.3, 0.4) is 0 Å². The summed E-state index contributed by atoms with van der Waals surface area (Å²) in [6.07, 6.45) is 0. The second-order valence-corrected chi connectivity index (χ2v) is 5.06. The lowest BCUT2D eigenvalue weighted by Gasteiger charge is -2.19. The summed E-state index contributed by atoms with van der Waals surface area (Å²) in [7, 11) is 0. The number of carboxylic acids is 1. The van der Waals surface area contributed by atoms with Gasteiger partial charge in [0.15, 0.2) is 0 Å². The molecule has 4 heteroatoms. The van der Waals surface area contributed by atoms with Gasteiger partial charge in [0.05, 0.1) is 5.52 Å². The normalized spacial score (nSPS) is 12.6. The number of anilines is 1. The highest BCUT2D eigenvalue weighted by Gasteiger charge is 2.16. The van der Waals surface area contributed by atoms with Crippen LogP contribution in [0.1, 0.15) is 31.1 Å². The molecule has 0 amide bonds. The maximum Gasteiger partial charge on any atom is 0.339 e. The quantitative estimate of drug-likeness (QED) is 0.882. The molecule has 0 aliphatic heterocycles. The number of hydrogen-bond donors (Lipinski definition) is 2. The van der Waals surface area contributed by atoms with Crippen LogP contribution in [0.5, 0.6) is 0 Å². The van der Waals surface area contributed by atoms with Gasteiger partial charge in [0.25, 0.3) is 0 Å². The van der Waals surface area contributed by atoms with Crippen molar-refractivity contribution in [3.8, 4) is 0 Å². The van der Waals surface area contributed by atoms with E-state index in [0.29, 0.717) is 11.7 Å². The number of aromatic carboxylic acids is 1. The Morgan fingerprint density at radius 2 is 1.95 bits per heavy atom. The van der Waals surface area contributed by atoms with E-state index in [1.54, 1.807) is 6.07 Å². The zero-order chi connectivity index (χ0) is 14.0. The molecule has 0 saturated carbocycles. The number of fused-ring (bicyclic) bond motifs is 1. The number of nitrogens with one attached hydrogen (secondary N) is 1. The van der Waals surface area contributed by atoms with Gasteiger partial charge in [-0.05, 0) is 25.0 Å². The van der Waals surface area contributed by atoms with Crippen molar-refractivity contribution in [3.05, 3.63) is 35.9 Å². The molecule has 2 aromatic rings. The van der Waals surface area contributed by atoms with Gasteiger partial charge in [0, 0.05) is 11.4 Å². The van der Waals surface area contributed by atoms with Crippen LogP contribution in [-0.2, 0) is 0 Å². The Bertz CT molecular complexity index is 608. The predicted octanol–water partition coefficient (Wildman–Crippen LogP) is 3.39. The molecule has 0 bridgehead atoms. The third-order valence-corrected chi connectivity index (χ3v) is 3.32. The zero-order valence-corrected chi connectivity index (χ0v) is 11.3. The second-order valence-electron chi connectivity index (χ2n) is 5.06. The third kappa shape index (κ3) is 2.84.